The van der Waals surface area contributed by atoms with Crippen LogP contribution < -0.4 is 9.47 Å². The number of aliphatic hydroxyl groups excluding tert-OH is 1. The van der Waals surface area contributed by atoms with E-state index in [0.29, 0.717) is 11.5 Å². The van der Waals surface area contributed by atoms with Gasteiger partial charge in [-0.2, -0.15) is 0 Å². The molecule has 17 heavy (non-hydrogen) atoms. The van der Waals surface area contributed by atoms with Crippen molar-refractivity contribution in [1.29, 1.82) is 0 Å². The maximum atomic E-state index is 9.10. The van der Waals surface area contributed by atoms with Crippen molar-refractivity contribution in [3.05, 3.63) is 54.1 Å². The first-order chi connectivity index (χ1) is 8.33. The molecule has 0 saturated carbocycles. The van der Waals surface area contributed by atoms with Crippen molar-refractivity contribution >= 4 is 0 Å². The zero-order valence-electron chi connectivity index (χ0n) is 9.59. The first-order valence-corrected chi connectivity index (χ1v) is 5.34. The molecule has 3 heteroatoms. The average Bonchev–Trinajstić information content (AvgIpc) is 2.40. The van der Waals surface area contributed by atoms with Crippen LogP contribution in [0.5, 0.6) is 17.2 Å². The maximum Gasteiger partial charge on any atom is 0.169 e. The van der Waals surface area contributed by atoms with Gasteiger partial charge in [-0.1, -0.05) is 24.3 Å². The Morgan fingerprint density at radius 3 is 2.41 bits per heavy atom. The summed E-state index contributed by atoms with van der Waals surface area (Å²) in [5.74, 6) is 1.98. The molecular weight excluding hydrogens is 216 g/mol. The molecule has 0 atom stereocenters. The highest BCUT2D eigenvalue weighted by atomic mass is 16.5. The maximum absolute atomic E-state index is 9.10. The number of hydrogen-bond acceptors (Lipinski definition) is 3. The summed E-state index contributed by atoms with van der Waals surface area (Å²) >= 11 is 0. The zero-order valence-corrected chi connectivity index (χ0v) is 9.59. The number of rotatable bonds is 4. The quantitative estimate of drug-likeness (QED) is 0.877. The van der Waals surface area contributed by atoms with Crippen molar-refractivity contribution in [1.82, 2.24) is 0 Å². The van der Waals surface area contributed by atoms with Gasteiger partial charge in [-0.05, 0) is 29.8 Å². The van der Waals surface area contributed by atoms with Crippen LogP contribution in [0.15, 0.2) is 48.5 Å². The lowest BCUT2D eigenvalue weighted by Crippen LogP contribution is -1.92. The second-order valence-corrected chi connectivity index (χ2v) is 3.56. The van der Waals surface area contributed by atoms with Gasteiger partial charge in [0.15, 0.2) is 11.5 Å². The predicted molar refractivity (Wildman–Crippen MR) is 65.4 cm³/mol. The molecule has 0 heterocycles. The Bertz CT molecular complexity index is 480. The van der Waals surface area contributed by atoms with Crippen LogP contribution in [0.25, 0.3) is 0 Å². The van der Waals surface area contributed by atoms with E-state index in [2.05, 4.69) is 0 Å². The SMILES string of the molecule is COc1ccc(CO)cc1Oc1ccccc1. The summed E-state index contributed by atoms with van der Waals surface area (Å²) < 4.78 is 10.9. The Morgan fingerprint density at radius 2 is 1.76 bits per heavy atom. The summed E-state index contributed by atoms with van der Waals surface area (Å²) in [5.41, 5.74) is 0.789. The van der Waals surface area contributed by atoms with E-state index in [1.165, 1.54) is 0 Å². The molecule has 2 aromatic carbocycles. The number of hydrogen-bond donors (Lipinski definition) is 1. The molecule has 2 aromatic rings. The van der Waals surface area contributed by atoms with E-state index in [9.17, 15) is 0 Å². The molecule has 0 unspecified atom stereocenters. The van der Waals surface area contributed by atoms with E-state index in [4.69, 9.17) is 14.6 Å². The van der Waals surface area contributed by atoms with Crippen LogP contribution in [-0.2, 0) is 6.61 Å². The summed E-state index contributed by atoms with van der Waals surface area (Å²) in [5, 5.41) is 9.10. The summed E-state index contributed by atoms with van der Waals surface area (Å²) in [4.78, 5) is 0. The van der Waals surface area contributed by atoms with Crippen molar-refractivity contribution in [3.8, 4) is 17.2 Å². The second kappa shape index (κ2) is 5.37. The van der Waals surface area contributed by atoms with Gasteiger partial charge in [0.25, 0.3) is 0 Å². The van der Waals surface area contributed by atoms with E-state index in [1.54, 1.807) is 25.3 Å². The number of para-hydroxylation sites is 1. The molecule has 0 aromatic heterocycles. The summed E-state index contributed by atoms with van der Waals surface area (Å²) in [6.45, 7) is -0.0187. The van der Waals surface area contributed by atoms with Crippen molar-refractivity contribution in [3.63, 3.8) is 0 Å². The van der Waals surface area contributed by atoms with Crippen molar-refractivity contribution in [2.75, 3.05) is 7.11 Å². The topological polar surface area (TPSA) is 38.7 Å². The van der Waals surface area contributed by atoms with E-state index >= 15 is 0 Å². The fraction of sp³-hybridized carbons (Fsp3) is 0.143. The molecule has 3 nitrogen and oxygen atoms in total. The fourth-order valence-corrected chi connectivity index (χ4v) is 1.51. The minimum Gasteiger partial charge on any atom is -0.493 e. The molecule has 0 aliphatic rings. The Morgan fingerprint density at radius 1 is 1.00 bits per heavy atom. The molecule has 0 bridgehead atoms. The summed E-state index contributed by atoms with van der Waals surface area (Å²) in [6, 6.07) is 14.8. The predicted octanol–water partition coefficient (Wildman–Crippen LogP) is 2.98. The molecule has 0 aliphatic carbocycles. The van der Waals surface area contributed by atoms with Gasteiger partial charge in [0, 0.05) is 0 Å². The number of benzene rings is 2. The third-order valence-electron chi connectivity index (χ3n) is 2.38. The lowest BCUT2D eigenvalue weighted by Gasteiger charge is -2.11. The smallest absolute Gasteiger partial charge is 0.169 e. The molecule has 2 rings (SSSR count). The van der Waals surface area contributed by atoms with Gasteiger partial charge in [0.05, 0.1) is 13.7 Å². The fourth-order valence-electron chi connectivity index (χ4n) is 1.51. The van der Waals surface area contributed by atoms with Gasteiger partial charge in [-0.3, -0.25) is 0 Å². The van der Waals surface area contributed by atoms with Crippen molar-refractivity contribution < 1.29 is 14.6 Å². The van der Waals surface area contributed by atoms with Gasteiger partial charge in [0.1, 0.15) is 5.75 Å². The van der Waals surface area contributed by atoms with E-state index in [0.717, 1.165) is 11.3 Å². The van der Waals surface area contributed by atoms with Crippen LogP contribution in [0.4, 0.5) is 0 Å². The third-order valence-corrected chi connectivity index (χ3v) is 2.38. The first-order valence-electron chi connectivity index (χ1n) is 5.34. The molecular formula is C14H14O3. The van der Waals surface area contributed by atoms with Crippen LogP contribution >= 0.6 is 0 Å². The number of aliphatic hydroxyl groups is 1. The summed E-state index contributed by atoms with van der Waals surface area (Å²) in [6.07, 6.45) is 0. The minimum absolute atomic E-state index is 0.0187. The molecule has 0 saturated heterocycles. The molecule has 88 valence electrons. The Labute approximate surface area is 100 Å². The Kier molecular flexibility index (Phi) is 3.62. The normalized spacial score (nSPS) is 10.0. The minimum atomic E-state index is -0.0187. The van der Waals surface area contributed by atoms with Crippen LogP contribution in [0.3, 0.4) is 0 Å². The standard InChI is InChI=1S/C14H14O3/c1-16-13-8-7-11(10-15)9-14(13)17-12-5-3-2-4-6-12/h2-9,15H,10H2,1H3. The molecule has 0 spiro atoms. The zero-order chi connectivity index (χ0) is 12.1. The molecule has 1 N–H and O–H groups in total. The molecule has 0 aliphatic heterocycles. The van der Waals surface area contributed by atoms with E-state index in [1.807, 2.05) is 30.3 Å². The van der Waals surface area contributed by atoms with Crippen molar-refractivity contribution in [2.24, 2.45) is 0 Å². The molecule has 0 radical (unpaired) electrons. The van der Waals surface area contributed by atoms with Gasteiger partial charge < -0.3 is 14.6 Å². The van der Waals surface area contributed by atoms with Gasteiger partial charge in [-0.25, -0.2) is 0 Å². The highest BCUT2D eigenvalue weighted by Gasteiger charge is 2.06. The van der Waals surface area contributed by atoms with Gasteiger partial charge in [0.2, 0.25) is 0 Å². The average molecular weight is 230 g/mol. The molecule has 0 amide bonds. The summed E-state index contributed by atoms with van der Waals surface area (Å²) in [7, 11) is 1.59. The van der Waals surface area contributed by atoms with Crippen LogP contribution in [0, 0.1) is 0 Å². The van der Waals surface area contributed by atoms with Gasteiger partial charge >= 0.3 is 0 Å². The van der Waals surface area contributed by atoms with Gasteiger partial charge in [-0.15, -0.1) is 0 Å². The Balaban J connectivity index is 2.30. The van der Waals surface area contributed by atoms with Crippen LogP contribution in [-0.4, -0.2) is 12.2 Å². The van der Waals surface area contributed by atoms with E-state index in [-0.39, 0.29) is 6.61 Å². The van der Waals surface area contributed by atoms with Crippen molar-refractivity contribution in [2.45, 2.75) is 6.61 Å². The largest absolute Gasteiger partial charge is 0.493 e. The third kappa shape index (κ3) is 2.77. The first kappa shape index (κ1) is 11.5. The highest BCUT2D eigenvalue weighted by molar-refractivity contribution is 5.45. The number of ether oxygens (including phenoxy) is 2. The number of methoxy groups -OCH3 is 1. The monoisotopic (exact) mass is 230 g/mol. The second-order valence-electron chi connectivity index (χ2n) is 3.56. The lowest BCUT2D eigenvalue weighted by molar-refractivity contribution is 0.280. The lowest BCUT2D eigenvalue weighted by atomic mass is 10.2. The molecule has 0 fully saturated rings. The van der Waals surface area contributed by atoms with Crippen LogP contribution in [0.2, 0.25) is 0 Å². The van der Waals surface area contributed by atoms with Crippen LogP contribution in [0.1, 0.15) is 5.56 Å². The Hall–Kier alpha value is -2.00. The highest BCUT2D eigenvalue weighted by Crippen LogP contribution is 2.32. The van der Waals surface area contributed by atoms with E-state index < -0.39 is 0 Å².